The van der Waals surface area contributed by atoms with Gasteiger partial charge in [-0.1, -0.05) is 29.8 Å². The summed E-state index contributed by atoms with van der Waals surface area (Å²) >= 11 is 0.882. The molecule has 0 unspecified atom stereocenters. The first-order chi connectivity index (χ1) is 12.9. The molecule has 0 aliphatic carbocycles. The van der Waals surface area contributed by atoms with Crippen LogP contribution in [0.1, 0.15) is 21.5 Å². The molecule has 1 heterocycles. The molecule has 2 aromatic carbocycles. The van der Waals surface area contributed by atoms with Crippen LogP contribution in [0.3, 0.4) is 0 Å². The number of rotatable bonds is 5. The monoisotopic (exact) mass is 384 g/mol. The minimum Gasteiger partial charge on any atom is -0.350 e. The van der Waals surface area contributed by atoms with Crippen LogP contribution in [0.5, 0.6) is 0 Å². The van der Waals surface area contributed by atoms with Crippen molar-refractivity contribution in [1.82, 2.24) is 10.2 Å². The zero-order valence-corrected chi connectivity index (χ0v) is 15.4. The van der Waals surface area contributed by atoms with Crippen LogP contribution in [0.15, 0.2) is 53.4 Å². The zero-order chi connectivity index (χ0) is 19.4. The maximum absolute atomic E-state index is 12.9. The highest BCUT2D eigenvalue weighted by atomic mass is 32.2. The first kappa shape index (κ1) is 18.8. The van der Waals surface area contributed by atoms with Gasteiger partial charge in [0.25, 0.3) is 17.1 Å². The SMILES string of the molecule is Cc1ccc(C=C2SC(=O)N(CCNC(=O)c3ccc(F)cc3)C2=O)cc1. The average Bonchev–Trinajstić information content (AvgIpc) is 2.91. The normalized spacial score (nSPS) is 15.5. The van der Waals surface area contributed by atoms with E-state index >= 15 is 0 Å². The molecule has 0 spiro atoms. The Morgan fingerprint density at radius 2 is 1.78 bits per heavy atom. The van der Waals surface area contributed by atoms with Gasteiger partial charge in [0, 0.05) is 18.7 Å². The maximum atomic E-state index is 12.9. The lowest BCUT2D eigenvalue weighted by Gasteiger charge is -2.13. The fraction of sp³-hybridized carbons (Fsp3) is 0.150. The third-order valence-electron chi connectivity index (χ3n) is 3.98. The Labute approximate surface area is 160 Å². The molecule has 3 amide bonds. The van der Waals surface area contributed by atoms with Gasteiger partial charge < -0.3 is 5.32 Å². The Morgan fingerprint density at radius 3 is 2.44 bits per heavy atom. The van der Waals surface area contributed by atoms with Crippen molar-refractivity contribution in [2.45, 2.75) is 6.92 Å². The Balaban J connectivity index is 1.58. The molecule has 3 rings (SSSR count). The zero-order valence-electron chi connectivity index (χ0n) is 14.6. The average molecular weight is 384 g/mol. The Morgan fingerprint density at radius 1 is 1.11 bits per heavy atom. The van der Waals surface area contributed by atoms with Crippen molar-refractivity contribution in [2.24, 2.45) is 0 Å². The van der Waals surface area contributed by atoms with Crippen molar-refractivity contribution in [3.8, 4) is 0 Å². The van der Waals surface area contributed by atoms with Gasteiger partial charge in [0.2, 0.25) is 0 Å². The predicted octanol–water partition coefficient (Wildman–Crippen LogP) is 3.60. The molecule has 0 aromatic heterocycles. The van der Waals surface area contributed by atoms with Gasteiger partial charge >= 0.3 is 0 Å². The Kier molecular flexibility index (Phi) is 5.71. The van der Waals surface area contributed by atoms with E-state index in [2.05, 4.69) is 5.32 Å². The fourth-order valence-electron chi connectivity index (χ4n) is 2.49. The lowest BCUT2D eigenvalue weighted by molar-refractivity contribution is -0.122. The van der Waals surface area contributed by atoms with E-state index in [9.17, 15) is 18.8 Å². The number of halogens is 1. The number of benzene rings is 2. The fourth-order valence-corrected chi connectivity index (χ4v) is 3.36. The molecule has 1 fully saturated rings. The minimum absolute atomic E-state index is 0.0723. The van der Waals surface area contributed by atoms with Crippen molar-refractivity contribution >= 4 is 34.9 Å². The molecule has 0 bridgehead atoms. The van der Waals surface area contributed by atoms with Crippen LogP contribution in [0.25, 0.3) is 6.08 Å². The number of hydrogen-bond acceptors (Lipinski definition) is 4. The van der Waals surface area contributed by atoms with Gasteiger partial charge in [0.05, 0.1) is 4.91 Å². The summed E-state index contributed by atoms with van der Waals surface area (Å²) in [5, 5.41) is 2.25. The Bertz CT molecular complexity index is 908. The first-order valence-corrected chi connectivity index (χ1v) is 9.11. The maximum Gasteiger partial charge on any atom is 0.293 e. The summed E-state index contributed by atoms with van der Waals surface area (Å²) in [6, 6.07) is 12.8. The predicted molar refractivity (Wildman–Crippen MR) is 103 cm³/mol. The van der Waals surface area contributed by atoms with Crippen LogP contribution in [-0.4, -0.2) is 35.0 Å². The summed E-state index contributed by atoms with van der Waals surface area (Å²) < 4.78 is 12.9. The van der Waals surface area contributed by atoms with Gasteiger partial charge in [-0.3, -0.25) is 19.3 Å². The number of nitrogens with zero attached hydrogens (tertiary/aromatic N) is 1. The van der Waals surface area contributed by atoms with Crippen LogP contribution in [0.4, 0.5) is 9.18 Å². The number of hydrogen-bond donors (Lipinski definition) is 1. The van der Waals surface area contributed by atoms with Gasteiger partial charge in [-0.2, -0.15) is 0 Å². The highest BCUT2D eigenvalue weighted by molar-refractivity contribution is 8.18. The van der Waals surface area contributed by atoms with Crippen LogP contribution in [0, 0.1) is 12.7 Å². The number of nitrogens with one attached hydrogen (secondary N) is 1. The molecule has 5 nitrogen and oxygen atoms in total. The van der Waals surface area contributed by atoms with E-state index in [4.69, 9.17) is 0 Å². The van der Waals surface area contributed by atoms with Crippen molar-refractivity contribution in [3.63, 3.8) is 0 Å². The third kappa shape index (κ3) is 4.62. The molecule has 1 saturated heterocycles. The smallest absolute Gasteiger partial charge is 0.293 e. The summed E-state index contributed by atoms with van der Waals surface area (Å²) in [5.41, 5.74) is 2.26. The molecular formula is C20H17FN2O3S. The Hall–Kier alpha value is -2.93. The van der Waals surface area contributed by atoms with Crippen LogP contribution < -0.4 is 5.32 Å². The number of carbonyl (C=O) groups is 3. The van der Waals surface area contributed by atoms with Gasteiger partial charge in [-0.05, 0) is 54.6 Å². The number of carbonyl (C=O) groups excluding carboxylic acids is 3. The topological polar surface area (TPSA) is 66.5 Å². The molecule has 1 aliphatic heterocycles. The quantitative estimate of drug-likeness (QED) is 0.800. The third-order valence-corrected chi connectivity index (χ3v) is 4.88. The van der Waals surface area contributed by atoms with E-state index in [1.165, 1.54) is 24.3 Å². The molecule has 0 radical (unpaired) electrons. The van der Waals surface area contributed by atoms with E-state index in [0.717, 1.165) is 27.8 Å². The summed E-state index contributed by atoms with van der Waals surface area (Å²) in [6.45, 7) is 2.16. The second-order valence-electron chi connectivity index (χ2n) is 6.01. The molecule has 1 aliphatic rings. The summed E-state index contributed by atoms with van der Waals surface area (Å²) in [6.07, 6.45) is 1.68. The minimum atomic E-state index is -0.426. The molecule has 0 saturated carbocycles. The highest BCUT2D eigenvalue weighted by Crippen LogP contribution is 2.31. The summed E-state index contributed by atoms with van der Waals surface area (Å²) in [5.74, 6) is -1.19. The largest absolute Gasteiger partial charge is 0.350 e. The number of aryl methyl sites for hydroxylation is 1. The van der Waals surface area contributed by atoms with Crippen LogP contribution in [0.2, 0.25) is 0 Å². The van der Waals surface area contributed by atoms with E-state index in [0.29, 0.717) is 10.5 Å². The number of thioether (sulfide) groups is 1. The number of imide groups is 1. The second-order valence-corrected chi connectivity index (χ2v) is 7.00. The van der Waals surface area contributed by atoms with E-state index in [1.54, 1.807) is 6.08 Å². The standard InChI is InChI=1S/C20H17FN2O3S/c1-13-2-4-14(5-3-13)12-17-19(25)23(20(26)27-17)11-10-22-18(24)15-6-8-16(21)9-7-15/h2-9,12H,10-11H2,1H3,(H,22,24). The number of amides is 3. The van der Waals surface area contributed by atoms with Gasteiger partial charge in [-0.15, -0.1) is 0 Å². The molecule has 0 atom stereocenters. The second kappa shape index (κ2) is 8.18. The molecule has 2 aromatic rings. The lowest BCUT2D eigenvalue weighted by Crippen LogP contribution is -2.37. The van der Waals surface area contributed by atoms with Gasteiger partial charge in [-0.25, -0.2) is 4.39 Å². The molecule has 138 valence electrons. The van der Waals surface area contributed by atoms with Crippen molar-refractivity contribution in [3.05, 3.63) is 75.9 Å². The summed E-state index contributed by atoms with van der Waals surface area (Å²) in [4.78, 5) is 38.0. The van der Waals surface area contributed by atoms with Crippen molar-refractivity contribution < 1.29 is 18.8 Å². The van der Waals surface area contributed by atoms with Gasteiger partial charge in [0.15, 0.2) is 0 Å². The van der Waals surface area contributed by atoms with Crippen LogP contribution >= 0.6 is 11.8 Å². The molecule has 7 heteroatoms. The van der Waals surface area contributed by atoms with E-state index < -0.39 is 11.7 Å². The first-order valence-electron chi connectivity index (χ1n) is 8.30. The molecular weight excluding hydrogens is 367 g/mol. The van der Waals surface area contributed by atoms with Gasteiger partial charge in [0.1, 0.15) is 5.82 Å². The van der Waals surface area contributed by atoms with Crippen molar-refractivity contribution in [1.29, 1.82) is 0 Å². The summed E-state index contributed by atoms with van der Waals surface area (Å²) in [7, 11) is 0. The van der Waals surface area contributed by atoms with Crippen LogP contribution in [-0.2, 0) is 4.79 Å². The lowest BCUT2D eigenvalue weighted by atomic mass is 10.1. The molecule has 27 heavy (non-hydrogen) atoms. The van der Waals surface area contributed by atoms with Crippen molar-refractivity contribution in [2.75, 3.05) is 13.1 Å². The van der Waals surface area contributed by atoms with E-state index in [1.807, 2.05) is 31.2 Å². The van der Waals surface area contributed by atoms with E-state index in [-0.39, 0.29) is 24.2 Å². The highest BCUT2D eigenvalue weighted by Gasteiger charge is 2.34. The molecule has 1 N–H and O–H groups in total.